The van der Waals surface area contributed by atoms with E-state index >= 15 is 0 Å². The van der Waals surface area contributed by atoms with Gasteiger partial charge in [-0.25, -0.2) is 0 Å². The number of Topliss-reactive ketones (excluding diaryl/α,β-unsaturated/α-hetero) is 4. The number of amides is 1. The van der Waals surface area contributed by atoms with Gasteiger partial charge in [0.2, 0.25) is 5.91 Å². The largest absolute Gasteiger partial charge is 0.506 e. The Bertz CT molecular complexity index is 1380. The first-order valence-corrected chi connectivity index (χ1v) is 12.9. The molecule has 10 nitrogen and oxygen atoms in total. The molecule has 2 unspecified atom stereocenters. The first-order chi connectivity index (χ1) is 17.9. The number of nitrogens with two attached hydrogens (primary N) is 1. The molecule has 2 saturated carbocycles. The van der Waals surface area contributed by atoms with Gasteiger partial charge in [-0.2, -0.15) is 0 Å². The van der Waals surface area contributed by atoms with E-state index in [2.05, 4.69) is 11.8 Å². The van der Waals surface area contributed by atoms with Gasteiger partial charge in [0.15, 0.2) is 34.7 Å². The maximum absolute atomic E-state index is 14.0. The Labute approximate surface area is 227 Å². The number of phenolic OH excluding ortho intramolecular Hbond substituents is 1. The lowest BCUT2D eigenvalue weighted by molar-refractivity contribution is -0.181. The molecule has 39 heavy (non-hydrogen) atoms. The number of fused-ring (bicyclic) bond motifs is 3. The number of anilines is 1. The van der Waals surface area contributed by atoms with Gasteiger partial charge in [0, 0.05) is 31.1 Å². The Kier molecular flexibility index (Phi) is 6.77. The molecule has 0 aliphatic heterocycles. The van der Waals surface area contributed by atoms with Crippen molar-refractivity contribution in [2.24, 2.45) is 34.8 Å². The Morgan fingerprint density at radius 3 is 2.23 bits per heavy atom. The van der Waals surface area contributed by atoms with Gasteiger partial charge in [0.25, 0.3) is 0 Å². The summed E-state index contributed by atoms with van der Waals surface area (Å²) in [5.41, 5.74) is 3.57. The SMILES string of the molecule is CN(C)c1cc(C#CC(C)(C)C)c(O)c2c1C[C@H]1C[C@H]3[C@H](N(C)C)C(=O)C(C(N)=O)C(=O)[C@@]3(O)C(=O)C1C2=O. The number of nitrogens with zero attached hydrogens (tertiary/aromatic N) is 2. The fourth-order valence-electron chi connectivity index (χ4n) is 6.40. The van der Waals surface area contributed by atoms with Crippen LogP contribution in [0.3, 0.4) is 0 Å². The second-order valence-corrected chi connectivity index (χ2v) is 12.3. The van der Waals surface area contributed by atoms with E-state index in [-0.39, 0.29) is 35.1 Å². The number of carbonyl (C=O) groups is 5. The molecule has 6 atom stereocenters. The van der Waals surface area contributed by atoms with Gasteiger partial charge in [-0.3, -0.25) is 28.9 Å². The minimum absolute atomic E-state index is 0.00308. The molecule has 4 N–H and O–H groups in total. The molecule has 1 amide bonds. The van der Waals surface area contributed by atoms with Crippen molar-refractivity contribution in [2.45, 2.75) is 45.3 Å². The van der Waals surface area contributed by atoms with Crippen molar-refractivity contribution < 1.29 is 34.2 Å². The Hall–Kier alpha value is -3.55. The van der Waals surface area contributed by atoms with E-state index in [9.17, 15) is 34.2 Å². The summed E-state index contributed by atoms with van der Waals surface area (Å²) in [6.45, 7) is 5.71. The molecule has 10 heteroatoms. The Morgan fingerprint density at radius 2 is 1.72 bits per heavy atom. The highest BCUT2D eigenvalue weighted by Crippen LogP contribution is 2.52. The van der Waals surface area contributed by atoms with Gasteiger partial charge in [0.05, 0.1) is 23.1 Å². The number of aromatic hydroxyl groups is 1. The molecule has 2 fully saturated rings. The first-order valence-electron chi connectivity index (χ1n) is 12.9. The monoisotopic (exact) mass is 537 g/mol. The normalized spacial score (nSPS) is 30.2. The zero-order valence-corrected chi connectivity index (χ0v) is 23.3. The molecule has 1 aromatic carbocycles. The summed E-state index contributed by atoms with van der Waals surface area (Å²) in [6, 6.07) is 0.568. The minimum atomic E-state index is -2.75. The second kappa shape index (κ2) is 9.28. The summed E-state index contributed by atoms with van der Waals surface area (Å²) in [4.78, 5) is 69.9. The average Bonchev–Trinajstić information content (AvgIpc) is 2.79. The summed E-state index contributed by atoms with van der Waals surface area (Å²) in [7, 11) is 6.69. The highest BCUT2D eigenvalue weighted by Gasteiger charge is 2.69. The van der Waals surface area contributed by atoms with Crippen molar-refractivity contribution in [2.75, 3.05) is 33.1 Å². The summed E-state index contributed by atoms with van der Waals surface area (Å²) >= 11 is 0. The lowest BCUT2D eigenvalue weighted by Crippen LogP contribution is -2.74. The fraction of sp³-hybridized carbons (Fsp3) is 0.552. The fourth-order valence-corrected chi connectivity index (χ4v) is 6.40. The Balaban J connectivity index is 1.91. The summed E-state index contributed by atoms with van der Waals surface area (Å²) in [6.07, 6.45) is 0.197. The number of rotatable bonds is 3. The van der Waals surface area contributed by atoms with Crippen molar-refractivity contribution in [3.05, 3.63) is 22.8 Å². The average molecular weight is 538 g/mol. The van der Waals surface area contributed by atoms with Crippen LogP contribution in [0.4, 0.5) is 5.69 Å². The van der Waals surface area contributed by atoms with E-state index in [4.69, 9.17) is 5.73 Å². The highest BCUT2D eigenvalue weighted by atomic mass is 16.3. The van der Waals surface area contributed by atoms with Crippen LogP contribution in [0.1, 0.15) is 48.7 Å². The zero-order chi connectivity index (χ0) is 29.4. The number of primary amides is 1. The maximum Gasteiger partial charge on any atom is 0.235 e. The van der Waals surface area contributed by atoms with Crippen molar-refractivity contribution in [3.8, 4) is 17.6 Å². The lowest BCUT2D eigenvalue weighted by atomic mass is 9.52. The summed E-state index contributed by atoms with van der Waals surface area (Å²) < 4.78 is 0. The van der Waals surface area contributed by atoms with E-state index in [0.29, 0.717) is 11.3 Å². The lowest BCUT2D eigenvalue weighted by Gasteiger charge is -2.52. The minimum Gasteiger partial charge on any atom is -0.506 e. The highest BCUT2D eigenvalue weighted by molar-refractivity contribution is 6.32. The van der Waals surface area contributed by atoms with Gasteiger partial charge in [-0.1, -0.05) is 11.8 Å². The molecule has 0 spiro atoms. The van der Waals surface area contributed by atoms with Crippen LogP contribution in [0.15, 0.2) is 6.07 Å². The van der Waals surface area contributed by atoms with Crippen LogP contribution in [0.2, 0.25) is 0 Å². The number of carbonyl (C=O) groups excluding carboxylic acids is 5. The zero-order valence-electron chi connectivity index (χ0n) is 23.3. The van der Waals surface area contributed by atoms with Crippen LogP contribution < -0.4 is 10.6 Å². The topological polar surface area (TPSA) is 158 Å². The predicted molar refractivity (Wildman–Crippen MR) is 142 cm³/mol. The smallest absolute Gasteiger partial charge is 0.235 e. The predicted octanol–water partition coefficient (Wildman–Crippen LogP) is 0.331. The van der Waals surface area contributed by atoms with Crippen molar-refractivity contribution in [3.63, 3.8) is 0 Å². The van der Waals surface area contributed by atoms with E-state index in [1.807, 2.05) is 20.8 Å². The number of ketones is 4. The standard InChI is InChI=1S/C29H35N3O7/c1-28(2,3)9-8-13-12-17(31(4)5)15-10-14-11-16-21(32(6)7)24(35)20(27(30)38)26(37)29(16,39)25(36)18(14)23(34)19(15)22(13)33/h12,14,16,18,20-21,33,39H,10-11H2,1-7H3,(H2,30,38)/t14-,16-,18?,20?,21-,29-/m0/s1. The van der Waals surface area contributed by atoms with Gasteiger partial charge in [0.1, 0.15) is 5.75 Å². The van der Waals surface area contributed by atoms with Crippen molar-refractivity contribution in [1.82, 2.24) is 4.90 Å². The second-order valence-electron chi connectivity index (χ2n) is 12.3. The number of phenols is 1. The van der Waals surface area contributed by atoms with Crippen LogP contribution in [0.25, 0.3) is 0 Å². The molecular formula is C29H35N3O7. The number of hydrogen-bond donors (Lipinski definition) is 3. The molecule has 3 aliphatic carbocycles. The molecule has 0 saturated heterocycles. The molecule has 1 aromatic rings. The number of benzene rings is 1. The van der Waals surface area contributed by atoms with Crippen LogP contribution in [0.5, 0.6) is 5.75 Å². The first kappa shape index (κ1) is 28.5. The third-order valence-corrected chi connectivity index (χ3v) is 8.09. The number of aliphatic hydroxyl groups is 1. The van der Waals surface area contributed by atoms with Crippen LogP contribution >= 0.6 is 0 Å². The quantitative estimate of drug-likeness (QED) is 0.365. The van der Waals surface area contributed by atoms with Crippen molar-refractivity contribution in [1.29, 1.82) is 0 Å². The maximum atomic E-state index is 14.0. The van der Waals surface area contributed by atoms with E-state index < -0.39 is 64.4 Å². The molecule has 0 aromatic heterocycles. The van der Waals surface area contributed by atoms with Gasteiger partial charge < -0.3 is 20.8 Å². The third kappa shape index (κ3) is 4.24. The summed E-state index contributed by atoms with van der Waals surface area (Å²) in [5, 5.41) is 22.9. The molecule has 4 rings (SSSR count). The van der Waals surface area contributed by atoms with Gasteiger partial charge in [-0.15, -0.1) is 0 Å². The Morgan fingerprint density at radius 1 is 1.10 bits per heavy atom. The van der Waals surface area contributed by atoms with Crippen LogP contribution in [0, 0.1) is 40.9 Å². The van der Waals surface area contributed by atoms with E-state index in [1.165, 1.54) is 4.90 Å². The summed E-state index contributed by atoms with van der Waals surface area (Å²) in [5.74, 6) is -4.72. The van der Waals surface area contributed by atoms with Gasteiger partial charge in [-0.05, 0) is 65.3 Å². The molecule has 208 valence electrons. The molecule has 0 bridgehead atoms. The van der Waals surface area contributed by atoms with Crippen LogP contribution in [-0.2, 0) is 25.6 Å². The van der Waals surface area contributed by atoms with Crippen molar-refractivity contribution >= 4 is 34.7 Å². The number of likely N-dealkylation sites (N-methyl/N-ethyl adjacent to an activating group) is 1. The van der Waals surface area contributed by atoms with E-state index in [0.717, 1.165) is 0 Å². The molecule has 0 radical (unpaired) electrons. The van der Waals surface area contributed by atoms with Crippen LogP contribution in [-0.4, -0.2) is 84.0 Å². The molecular weight excluding hydrogens is 502 g/mol. The molecule has 3 aliphatic rings. The molecule has 0 heterocycles. The third-order valence-electron chi connectivity index (χ3n) is 8.09. The van der Waals surface area contributed by atoms with Gasteiger partial charge >= 0.3 is 0 Å². The number of hydrogen-bond acceptors (Lipinski definition) is 9. The van der Waals surface area contributed by atoms with E-state index in [1.54, 1.807) is 39.2 Å².